The van der Waals surface area contributed by atoms with E-state index in [0.29, 0.717) is 17.1 Å². The molecule has 90 valence electrons. The fourth-order valence-electron chi connectivity index (χ4n) is 1.84. The van der Waals surface area contributed by atoms with Gasteiger partial charge >= 0.3 is 0 Å². The molecule has 4 heteroatoms. The van der Waals surface area contributed by atoms with Crippen LogP contribution in [0.5, 0.6) is 11.5 Å². The van der Waals surface area contributed by atoms with Crippen LogP contribution in [0.1, 0.15) is 18.4 Å². The van der Waals surface area contributed by atoms with Crippen LogP contribution in [0.4, 0.5) is 0 Å². The van der Waals surface area contributed by atoms with Gasteiger partial charge in [-0.3, -0.25) is 4.68 Å². The molecular weight excluding hydrogens is 226 g/mol. The summed E-state index contributed by atoms with van der Waals surface area (Å²) in [6.07, 6.45) is 6.17. The lowest BCUT2D eigenvalue weighted by Crippen LogP contribution is -1.99. The number of aromatic nitrogens is 2. The molecule has 1 heterocycles. The van der Waals surface area contributed by atoms with Crippen molar-refractivity contribution >= 4 is 0 Å². The number of ether oxygens (including phenoxy) is 1. The number of hydrogen-bond acceptors (Lipinski definition) is 3. The number of rotatable bonds is 4. The van der Waals surface area contributed by atoms with Crippen molar-refractivity contribution in [3.63, 3.8) is 0 Å². The molecule has 3 rings (SSSR count). The third-order valence-electron chi connectivity index (χ3n) is 2.99. The van der Waals surface area contributed by atoms with Crippen molar-refractivity contribution in [1.29, 1.82) is 5.26 Å². The van der Waals surface area contributed by atoms with Gasteiger partial charge in [0.15, 0.2) is 5.75 Å². The first-order valence-corrected chi connectivity index (χ1v) is 6.04. The van der Waals surface area contributed by atoms with E-state index in [9.17, 15) is 0 Å². The maximum Gasteiger partial charge on any atom is 0.165 e. The predicted octanol–water partition coefficient (Wildman–Crippen LogP) is 2.96. The summed E-state index contributed by atoms with van der Waals surface area (Å²) in [6.45, 7) is 0.962. The topological polar surface area (TPSA) is 50.8 Å². The molecule has 0 N–H and O–H groups in total. The Labute approximate surface area is 105 Å². The minimum absolute atomic E-state index is 0.535. The fraction of sp³-hybridized carbons (Fsp3) is 0.286. The van der Waals surface area contributed by atoms with Crippen LogP contribution in [0, 0.1) is 17.2 Å². The SMILES string of the molecule is N#Cc1ccccc1Oc1cnn(CC2CC2)c1. The quantitative estimate of drug-likeness (QED) is 0.824. The van der Waals surface area contributed by atoms with Crippen molar-refractivity contribution in [1.82, 2.24) is 9.78 Å². The number of nitrogens with zero attached hydrogens (tertiary/aromatic N) is 3. The molecule has 4 nitrogen and oxygen atoms in total. The second-order valence-electron chi connectivity index (χ2n) is 4.55. The molecule has 1 aliphatic carbocycles. The average molecular weight is 239 g/mol. The van der Waals surface area contributed by atoms with Crippen LogP contribution in [0.2, 0.25) is 0 Å². The zero-order chi connectivity index (χ0) is 12.4. The highest BCUT2D eigenvalue weighted by Gasteiger charge is 2.22. The lowest BCUT2D eigenvalue weighted by molar-refractivity contribution is 0.478. The smallest absolute Gasteiger partial charge is 0.165 e. The standard InChI is InChI=1S/C14H13N3O/c15-7-12-3-1-2-4-14(12)18-13-8-16-17(10-13)9-11-5-6-11/h1-4,8,10-11H,5-6,9H2. The first-order valence-electron chi connectivity index (χ1n) is 6.04. The molecule has 0 saturated heterocycles. The average Bonchev–Trinajstić information content (AvgIpc) is 3.10. The van der Waals surface area contributed by atoms with Crippen LogP contribution in [0.15, 0.2) is 36.7 Å². The molecule has 1 aromatic carbocycles. The Kier molecular flexibility index (Phi) is 2.73. The lowest BCUT2D eigenvalue weighted by Gasteiger charge is -2.03. The van der Waals surface area contributed by atoms with Gasteiger partial charge in [0, 0.05) is 6.54 Å². The van der Waals surface area contributed by atoms with E-state index in [1.54, 1.807) is 18.3 Å². The van der Waals surface area contributed by atoms with Gasteiger partial charge < -0.3 is 4.74 Å². The van der Waals surface area contributed by atoms with E-state index in [0.717, 1.165) is 12.5 Å². The number of nitriles is 1. The summed E-state index contributed by atoms with van der Waals surface area (Å²) in [7, 11) is 0. The summed E-state index contributed by atoms with van der Waals surface area (Å²) in [4.78, 5) is 0. The molecule has 0 unspecified atom stereocenters. The maximum atomic E-state index is 8.98. The minimum Gasteiger partial charge on any atom is -0.453 e. The molecule has 0 atom stereocenters. The summed E-state index contributed by atoms with van der Waals surface area (Å²) in [5, 5.41) is 13.2. The first kappa shape index (κ1) is 10.8. The van der Waals surface area contributed by atoms with Crippen molar-refractivity contribution in [2.45, 2.75) is 19.4 Å². The monoisotopic (exact) mass is 239 g/mol. The molecule has 0 spiro atoms. The highest BCUT2D eigenvalue weighted by Crippen LogP contribution is 2.31. The van der Waals surface area contributed by atoms with Gasteiger partial charge in [0.1, 0.15) is 11.8 Å². The van der Waals surface area contributed by atoms with E-state index < -0.39 is 0 Å². The Morgan fingerprint density at radius 1 is 1.39 bits per heavy atom. The predicted molar refractivity (Wildman–Crippen MR) is 66.2 cm³/mol. The van der Waals surface area contributed by atoms with Crippen LogP contribution in [-0.2, 0) is 6.54 Å². The number of benzene rings is 1. The third kappa shape index (κ3) is 2.35. The second kappa shape index (κ2) is 4.53. The molecule has 1 aliphatic rings. The first-order chi connectivity index (χ1) is 8.85. The lowest BCUT2D eigenvalue weighted by atomic mass is 10.2. The van der Waals surface area contributed by atoms with E-state index in [2.05, 4.69) is 11.2 Å². The molecule has 1 fully saturated rings. The maximum absolute atomic E-state index is 8.98. The Morgan fingerprint density at radius 2 is 2.22 bits per heavy atom. The molecule has 18 heavy (non-hydrogen) atoms. The van der Waals surface area contributed by atoms with Gasteiger partial charge in [-0.25, -0.2) is 0 Å². The number of para-hydroxylation sites is 1. The fourth-order valence-corrected chi connectivity index (χ4v) is 1.84. The van der Waals surface area contributed by atoms with Gasteiger partial charge in [0.2, 0.25) is 0 Å². The van der Waals surface area contributed by atoms with Crippen molar-refractivity contribution in [2.75, 3.05) is 0 Å². The normalized spacial score (nSPS) is 14.2. The molecule has 0 bridgehead atoms. The van der Waals surface area contributed by atoms with Crippen LogP contribution in [0.25, 0.3) is 0 Å². The van der Waals surface area contributed by atoms with Crippen LogP contribution in [0.3, 0.4) is 0 Å². The van der Waals surface area contributed by atoms with Crippen molar-refractivity contribution in [3.05, 3.63) is 42.2 Å². The van der Waals surface area contributed by atoms with Crippen LogP contribution in [-0.4, -0.2) is 9.78 Å². The molecular formula is C14H13N3O. The Balaban J connectivity index is 1.75. The summed E-state index contributed by atoms with van der Waals surface area (Å²) < 4.78 is 7.58. The molecule has 0 amide bonds. The van der Waals surface area contributed by atoms with Crippen molar-refractivity contribution < 1.29 is 4.74 Å². The van der Waals surface area contributed by atoms with Gasteiger partial charge in [-0.1, -0.05) is 12.1 Å². The molecule has 0 radical (unpaired) electrons. The van der Waals surface area contributed by atoms with Crippen LogP contribution >= 0.6 is 0 Å². The summed E-state index contributed by atoms with van der Waals surface area (Å²) in [5.74, 6) is 2.04. The molecule has 1 aromatic heterocycles. The van der Waals surface area contributed by atoms with Crippen molar-refractivity contribution in [3.8, 4) is 17.6 Å². The highest BCUT2D eigenvalue weighted by molar-refractivity contribution is 5.44. The van der Waals surface area contributed by atoms with E-state index >= 15 is 0 Å². The van der Waals surface area contributed by atoms with Gasteiger partial charge in [0.25, 0.3) is 0 Å². The summed E-state index contributed by atoms with van der Waals surface area (Å²) in [5.41, 5.74) is 0.535. The molecule has 2 aromatic rings. The van der Waals surface area contributed by atoms with Crippen molar-refractivity contribution in [2.24, 2.45) is 5.92 Å². The van der Waals surface area contributed by atoms with E-state index in [-0.39, 0.29) is 0 Å². The Bertz CT molecular complexity index is 593. The van der Waals surface area contributed by atoms with Gasteiger partial charge in [-0.2, -0.15) is 10.4 Å². The zero-order valence-corrected chi connectivity index (χ0v) is 9.91. The highest BCUT2D eigenvalue weighted by atomic mass is 16.5. The van der Waals surface area contributed by atoms with E-state index in [4.69, 9.17) is 10.00 Å². The third-order valence-corrected chi connectivity index (χ3v) is 2.99. The number of hydrogen-bond donors (Lipinski definition) is 0. The largest absolute Gasteiger partial charge is 0.453 e. The summed E-state index contributed by atoms with van der Waals surface area (Å²) >= 11 is 0. The van der Waals surface area contributed by atoms with Crippen LogP contribution < -0.4 is 4.74 Å². The second-order valence-corrected chi connectivity index (χ2v) is 4.55. The molecule has 0 aliphatic heterocycles. The minimum atomic E-state index is 0.535. The Hall–Kier alpha value is -2.28. The molecule has 1 saturated carbocycles. The zero-order valence-electron chi connectivity index (χ0n) is 9.91. The van der Waals surface area contributed by atoms with Gasteiger partial charge in [-0.05, 0) is 30.9 Å². The van der Waals surface area contributed by atoms with Gasteiger partial charge in [-0.15, -0.1) is 0 Å². The van der Waals surface area contributed by atoms with E-state index in [1.807, 2.05) is 23.0 Å². The summed E-state index contributed by atoms with van der Waals surface area (Å²) in [6, 6.07) is 9.31. The van der Waals surface area contributed by atoms with Gasteiger partial charge in [0.05, 0.1) is 18.0 Å². The Morgan fingerprint density at radius 3 is 3.00 bits per heavy atom. The van der Waals surface area contributed by atoms with E-state index in [1.165, 1.54) is 12.8 Å².